The molecule has 0 saturated carbocycles. The summed E-state index contributed by atoms with van der Waals surface area (Å²) in [4.78, 5) is 16.6. The third-order valence-corrected chi connectivity index (χ3v) is 3.89. The van der Waals surface area contributed by atoms with Crippen LogP contribution in [-0.4, -0.2) is 15.1 Å². The van der Waals surface area contributed by atoms with E-state index in [1.165, 1.54) is 0 Å². The SMILES string of the molecule is Cc1cccc(C(O)c2ccc3[nH]c(=O)[nH]c3c2)c1Cl. The Labute approximate surface area is 120 Å². The number of hydrogen-bond donors (Lipinski definition) is 3. The first kappa shape index (κ1) is 13.0. The van der Waals surface area contributed by atoms with Crippen molar-refractivity contribution >= 4 is 22.6 Å². The van der Waals surface area contributed by atoms with Gasteiger partial charge in [-0.05, 0) is 30.2 Å². The van der Waals surface area contributed by atoms with Crippen molar-refractivity contribution in [2.24, 2.45) is 0 Å². The van der Waals surface area contributed by atoms with E-state index in [1.54, 1.807) is 24.3 Å². The average Bonchev–Trinajstić information content (AvgIpc) is 2.80. The zero-order valence-electron chi connectivity index (χ0n) is 10.8. The normalized spacial score (nSPS) is 12.8. The van der Waals surface area contributed by atoms with Gasteiger partial charge in [0.15, 0.2) is 0 Å². The van der Waals surface area contributed by atoms with Gasteiger partial charge in [-0.15, -0.1) is 0 Å². The molecular formula is C15H13ClN2O2. The zero-order valence-corrected chi connectivity index (χ0v) is 11.5. The van der Waals surface area contributed by atoms with E-state index in [0.717, 1.165) is 5.56 Å². The molecule has 3 rings (SSSR count). The van der Waals surface area contributed by atoms with Gasteiger partial charge in [-0.3, -0.25) is 0 Å². The van der Waals surface area contributed by atoms with E-state index >= 15 is 0 Å². The van der Waals surface area contributed by atoms with Crippen LogP contribution in [0.2, 0.25) is 5.02 Å². The fraction of sp³-hybridized carbons (Fsp3) is 0.133. The first-order valence-corrected chi connectivity index (χ1v) is 6.59. The van der Waals surface area contributed by atoms with Crippen LogP contribution in [0, 0.1) is 6.92 Å². The van der Waals surface area contributed by atoms with Gasteiger partial charge >= 0.3 is 5.69 Å². The Balaban J connectivity index is 2.09. The fourth-order valence-corrected chi connectivity index (χ4v) is 2.51. The predicted molar refractivity (Wildman–Crippen MR) is 79.2 cm³/mol. The lowest BCUT2D eigenvalue weighted by atomic mass is 9.99. The lowest BCUT2D eigenvalue weighted by molar-refractivity contribution is 0.220. The quantitative estimate of drug-likeness (QED) is 0.679. The van der Waals surface area contributed by atoms with Crippen LogP contribution >= 0.6 is 11.6 Å². The molecule has 3 aromatic rings. The summed E-state index contributed by atoms with van der Waals surface area (Å²) >= 11 is 6.24. The van der Waals surface area contributed by atoms with Crippen LogP contribution in [0.3, 0.4) is 0 Å². The Kier molecular flexibility index (Phi) is 3.12. The van der Waals surface area contributed by atoms with Crippen molar-refractivity contribution in [3.05, 3.63) is 68.6 Å². The molecule has 1 unspecified atom stereocenters. The van der Waals surface area contributed by atoms with Gasteiger partial charge in [-0.1, -0.05) is 35.9 Å². The first-order valence-electron chi connectivity index (χ1n) is 6.21. The molecule has 3 N–H and O–H groups in total. The predicted octanol–water partition coefficient (Wildman–Crippen LogP) is 2.90. The standard InChI is InChI=1S/C15H13ClN2O2/c1-8-3-2-4-10(13(8)16)14(19)9-5-6-11-12(7-9)18-15(20)17-11/h2-7,14,19H,1H3,(H2,17,18,20). The maximum absolute atomic E-state index is 11.2. The molecule has 20 heavy (non-hydrogen) atoms. The molecule has 1 heterocycles. The van der Waals surface area contributed by atoms with Crippen molar-refractivity contribution < 1.29 is 5.11 Å². The number of aliphatic hydroxyl groups excluding tert-OH is 1. The number of aliphatic hydroxyl groups is 1. The van der Waals surface area contributed by atoms with E-state index in [2.05, 4.69) is 9.97 Å². The number of imidazole rings is 1. The summed E-state index contributed by atoms with van der Waals surface area (Å²) in [6.45, 7) is 1.89. The smallest absolute Gasteiger partial charge is 0.323 e. The van der Waals surface area contributed by atoms with Crippen LogP contribution in [0.1, 0.15) is 22.8 Å². The number of aromatic amines is 2. The Morgan fingerprint density at radius 2 is 1.90 bits per heavy atom. The zero-order chi connectivity index (χ0) is 14.3. The van der Waals surface area contributed by atoms with Gasteiger partial charge in [-0.2, -0.15) is 0 Å². The molecule has 4 nitrogen and oxygen atoms in total. The monoisotopic (exact) mass is 288 g/mol. The summed E-state index contributed by atoms with van der Waals surface area (Å²) < 4.78 is 0. The van der Waals surface area contributed by atoms with E-state index in [4.69, 9.17) is 11.6 Å². The van der Waals surface area contributed by atoms with Crippen molar-refractivity contribution in [2.45, 2.75) is 13.0 Å². The maximum atomic E-state index is 11.2. The van der Waals surface area contributed by atoms with E-state index in [0.29, 0.717) is 27.2 Å². The molecule has 0 spiro atoms. The van der Waals surface area contributed by atoms with Gasteiger partial charge < -0.3 is 15.1 Å². The lowest BCUT2D eigenvalue weighted by Gasteiger charge is -2.14. The molecule has 0 aliphatic rings. The Bertz CT molecular complexity index is 835. The number of nitrogens with one attached hydrogen (secondary N) is 2. The number of aryl methyl sites for hydroxylation is 1. The highest BCUT2D eigenvalue weighted by atomic mass is 35.5. The van der Waals surface area contributed by atoms with E-state index in [9.17, 15) is 9.90 Å². The van der Waals surface area contributed by atoms with Gasteiger partial charge in [0.2, 0.25) is 0 Å². The van der Waals surface area contributed by atoms with E-state index < -0.39 is 6.10 Å². The summed E-state index contributed by atoms with van der Waals surface area (Å²) in [6.07, 6.45) is -0.829. The number of aromatic nitrogens is 2. The number of fused-ring (bicyclic) bond motifs is 1. The topological polar surface area (TPSA) is 68.9 Å². The van der Waals surface area contributed by atoms with E-state index in [1.807, 2.05) is 19.1 Å². The number of halogens is 1. The molecule has 0 bridgehead atoms. The van der Waals surface area contributed by atoms with Gasteiger partial charge in [0.1, 0.15) is 6.10 Å². The maximum Gasteiger partial charge on any atom is 0.323 e. The van der Waals surface area contributed by atoms with Crippen LogP contribution in [0.4, 0.5) is 0 Å². The van der Waals surface area contributed by atoms with Crippen LogP contribution in [0.25, 0.3) is 11.0 Å². The third-order valence-electron chi connectivity index (χ3n) is 3.37. The first-order chi connectivity index (χ1) is 9.56. The number of rotatable bonds is 2. The van der Waals surface area contributed by atoms with Crippen molar-refractivity contribution in [3.8, 4) is 0 Å². The molecule has 0 radical (unpaired) electrons. The molecule has 102 valence electrons. The summed E-state index contributed by atoms with van der Waals surface area (Å²) in [6, 6.07) is 10.8. The van der Waals surface area contributed by atoms with Gasteiger partial charge in [-0.25, -0.2) is 4.79 Å². The van der Waals surface area contributed by atoms with Crippen molar-refractivity contribution in [1.82, 2.24) is 9.97 Å². The van der Waals surface area contributed by atoms with Gasteiger partial charge in [0, 0.05) is 10.6 Å². The Hall–Kier alpha value is -2.04. The van der Waals surface area contributed by atoms with Crippen LogP contribution in [-0.2, 0) is 0 Å². The van der Waals surface area contributed by atoms with Crippen molar-refractivity contribution in [1.29, 1.82) is 0 Å². The highest BCUT2D eigenvalue weighted by Gasteiger charge is 2.15. The highest BCUT2D eigenvalue weighted by molar-refractivity contribution is 6.32. The number of H-pyrrole nitrogens is 2. The number of benzene rings is 2. The molecule has 1 aromatic heterocycles. The Morgan fingerprint density at radius 3 is 2.70 bits per heavy atom. The summed E-state index contributed by atoms with van der Waals surface area (Å²) in [7, 11) is 0. The molecule has 2 aromatic carbocycles. The second-order valence-corrected chi connectivity index (χ2v) is 5.14. The lowest BCUT2D eigenvalue weighted by Crippen LogP contribution is -2.01. The average molecular weight is 289 g/mol. The van der Waals surface area contributed by atoms with Gasteiger partial charge in [0.05, 0.1) is 11.0 Å². The van der Waals surface area contributed by atoms with Crippen LogP contribution in [0.5, 0.6) is 0 Å². The van der Waals surface area contributed by atoms with Crippen molar-refractivity contribution in [3.63, 3.8) is 0 Å². The second-order valence-electron chi connectivity index (χ2n) is 4.76. The minimum Gasteiger partial charge on any atom is -0.384 e. The summed E-state index contributed by atoms with van der Waals surface area (Å²) in [5.41, 5.74) is 3.36. The molecule has 0 saturated heterocycles. The largest absolute Gasteiger partial charge is 0.384 e. The Morgan fingerprint density at radius 1 is 1.15 bits per heavy atom. The van der Waals surface area contributed by atoms with E-state index in [-0.39, 0.29) is 5.69 Å². The molecule has 0 amide bonds. The van der Waals surface area contributed by atoms with Crippen molar-refractivity contribution in [2.75, 3.05) is 0 Å². The molecule has 1 atom stereocenters. The minimum atomic E-state index is -0.829. The van der Waals surface area contributed by atoms with Crippen LogP contribution < -0.4 is 5.69 Å². The van der Waals surface area contributed by atoms with Gasteiger partial charge in [0.25, 0.3) is 0 Å². The minimum absolute atomic E-state index is 0.264. The fourth-order valence-electron chi connectivity index (χ4n) is 2.28. The number of hydrogen-bond acceptors (Lipinski definition) is 2. The third kappa shape index (κ3) is 2.13. The summed E-state index contributed by atoms with van der Waals surface area (Å²) in [5.74, 6) is 0. The molecule has 5 heteroatoms. The molecule has 0 aliphatic carbocycles. The summed E-state index contributed by atoms with van der Waals surface area (Å²) in [5, 5.41) is 11.0. The highest BCUT2D eigenvalue weighted by Crippen LogP contribution is 2.31. The molecular weight excluding hydrogens is 276 g/mol. The molecule has 0 aliphatic heterocycles. The molecule has 0 fully saturated rings. The van der Waals surface area contributed by atoms with Crippen LogP contribution in [0.15, 0.2) is 41.2 Å². The second kappa shape index (κ2) is 4.81.